The number of fused-ring (bicyclic) bond motifs is 1. The van der Waals surface area contributed by atoms with Gasteiger partial charge in [0.25, 0.3) is 5.91 Å². The Bertz CT molecular complexity index is 1190. The highest BCUT2D eigenvalue weighted by Gasteiger charge is 2.35. The topological polar surface area (TPSA) is 101 Å². The highest BCUT2D eigenvalue weighted by molar-refractivity contribution is 8.00. The predicted octanol–water partition coefficient (Wildman–Crippen LogP) is 4.08. The number of Topliss-reactive ketones (excluding diaryl/α,β-unsaturated/α-hetero) is 1. The van der Waals surface area contributed by atoms with Gasteiger partial charge in [0.05, 0.1) is 29.8 Å². The zero-order chi connectivity index (χ0) is 24.4. The lowest BCUT2D eigenvalue weighted by Crippen LogP contribution is -2.41. The Morgan fingerprint density at radius 1 is 1.18 bits per heavy atom. The molecule has 12 heteroatoms. The minimum atomic E-state index is -4.73. The van der Waals surface area contributed by atoms with Crippen molar-refractivity contribution >= 4 is 45.7 Å². The van der Waals surface area contributed by atoms with Gasteiger partial charge in [0, 0.05) is 10.3 Å². The summed E-state index contributed by atoms with van der Waals surface area (Å²) < 4.78 is 44.9. The number of amides is 1. The maximum atomic E-state index is 13.2. The van der Waals surface area contributed by atoms with E-state index in [-0.39, 0.29) is 28.6 Å². The lowest BCUT2D eigenvalue weighted by Gasteiger charge is -2.15. The Morgan fingerprint density at radius 2 is 1.91 bits per heavy atom. The first-order chi connectivity index (χ1) is 15.4. The van der Waals surface area contributed by atoms with Gasteiger partial charge in [-0.2, -0.15) is 13.2 Å². The van der Waals surface area contributed by atoms with E-state index in [0.717, 1.165) is 23.1 Å². The molecule has 176 valence electrons. The molecule has 7 nitrogen and oxygen atoms in total. The molecule has 0 unspecified atom stereocenters. The SMILES string of the molecule is COc1ccc2nc(C(F)(F)F)nc(SCC(=O)c3ccc(CNC(=O)C(C)(C)O)s3)c2c1. The van der Waals surface area contributed by atoms with Crippen molar-refractivity contribution in [2.75, 3.05) is 12.9 Å². The number of ketones is 1. The van der Waals surface area contributed by atoms with E-state index in [1.807, 2.05) is 0 Å². The van der Waals surface area contributed by atoms with E-state index in [2.05, 4.69) is 15.3 Å². The van der Waals surface area contributed by atoms with Crippen LogP contribution in [-0.4, -0.2) is 45.2 Å². The van der Waals surface area contributed by atoms with E-state index in [0.29, 0.717) is 20.9 Å². The summed E-state index contributed by atoms with van der Waals surface area (Å²) in [5, 5.41) is 12.6. The fourth-order valence-corrected chi connectivity index (χ4v) is 4.52. The molecule has 33 heavy (non-hydrogen) atoms. The number of halogens is 3. The third kappa shape index (κ3) is 6.21. The summed E-state index contributed by atoms with van der Waals surface area (Å²) in [4.78, 5) is 32.7. The minimum absolute atomic E-state index is 0.0220. The number of alkyl halides is 3. The van der Waals surface area contributed by atoms with E-state index in [1.54, 1.807) is 12.1 Å². The van der Waals surface area contributed by atoms with E-state index in [9.17, 15) is 27.9 Å². The van der Waals surface area contributed by atoms with Crippen molar-refractivity contribution < 1.29 is 32.6 Å². The Morgan fingerprint density at radius 3 is 2.55 bits per heavy atom. The summed E-state index contributed by atoms with van der Waals surface area (Å²) in [5.41, 5.74) is -1.43. The van der Waals surface area contributed by atoms with Crippen molar-refractivity contribution in [1.82, 2.24) is 15.3 Å². The van der Waals surface area contributed by atoms with Gasteiger partial charge in [-0.15, -0.1) is 11.3 Å². The number of nitrogens with zero attached hydrogens (tertiary/aromatic N) is 2. The standard InChI is InChI=1S/C21H20F3N3O4S2/c1-20(2,30)19(29)25-9-12-5-7-16(33-12)15(28)10-32-17-13-8-11(31-3)4-6-14(13)26-18(27-17)21(22,23)24/h4-8,30H,9-10H2,1-3H3,(H,25,29). The molecule has 2 N–H and O–H groups in total. The summed E-state index contributed by atoms with van der Waals surface area (Å²) in [6.07, 6.45) is -4.73. The number of thioether (sulfide) groups is 1. The van der Waals surface area contributed by atoms with Crippen LogP contribution in [0.15, 0.2) is 35.4 Å². The van der Waals surface area contributed by atoms with Crippen LogP contribution >= 0.6 is 23.1 Å². The fourth-order valence-electron chi connectivity index (χ4n) is 2.65. The summed E-state index contributed by atoms with van der Waals surface area (Å²) in [6.45, 7) is 2.86. The third-order valence-electron chi connectivity index (χ3n) is 4.38. The number of aliphatic hydroxyl groups is 1. The molecule has 0 spiro atoms. The summed E-state index contributed by atoms with van der Waals surface area (Å²) >= 11 is 2.03. The zero-order valence-corrected chi connectivity index (χ0v) is 19.5. The number of methoxy groups -OCH3 is 1. The van der Waals surface area contributed by atoms with E-state index in [4.69, 9.17) is 4.74 Å². The molecule has 1 aromatic carbocycles. The highest BCUT2D eigenvalue weighted by atomic mass is 32.2. The summed E-state index contributed by atoms with van der Waals surface area (Å²) in [6, 6.07) is 7.68. The molecule has 0 aliphatic rings. The van der Waals surface area contributed by atoms with Crippen LogP contribution in [0.5, 0.6) is 5.75 Å². The average molecular weight is 500 g/mol. The second-order valence-corrected chi connectivity index (χ2v) is 9.59. The predicted molar refractivity (Wildman–Crippen MR) is 119 cm³/mol. The van der Waals surface area contributed by atoms with Crippen molar-refractivity contribution in [3.8, 4) is 5.75 Å². The molecule has 0 fully saturated rings. The minimum Gasteiger partial charge on any atom is -0.497 e. The Hall–Kier alpha value is -2.70. The number of hydrogen-bond donors (Lipinski definition) is 2. The van der Waals surface area contributed by atoms with Crippen molar-refractivity contribution in [1.29, 1.82) is 0 Å². The van der Waals surface area contributed by atoms with E-state index in [1.165, 1.54) is 39.2 Å². The molecule has 0 bridgehead atoms. The number of carbonyl (C=O) groups excluding carboxylic acids is 2. The molecule has 2 heterocycles. The maximum Gasteiger partial charge on any atom is 0.451 e. The molecule has 0 saturated heterocycles. The molecule has 0 atom stereocenters. The molecule has 2 aromatic heterocycles. The molecule has 0 aliphatic carbocycles. The van der Waals surface area contributed by atoms with E-state index >= 15 is 0 Å². The van der Waals surface area contributed by atoms with Crippen LogP contribution in [0.25, 0.3) is 10.9 Å². The molecule has 1 amide bonds. The molecule has 0 aliphatic heterocycles. The van der Waals surface area contributed by atoms with Crippen molar-refractivity contribution in [2.24, 2.45) is 0 Å². The number of aromatic nitrogens is 2. The van der Waals surface area contributed by atoms with Crippen LogP contribution in [0.2, 0.25) is 0 Å². The van der Waals surface area contributed by atoms with Gasteiger partial charge in [0.15, 0.2) is 5.78 Å². The third-order valence-corrected chi connectivity index (χ3v) is 6.49. The van der Waals surface area contributed by atoms with Gasteiger partial charge in [-0.25, -0.2) is 9.97 Å². The van der Waals surface area contributed by atoms with Crippen LogP contribution in [0.3, 0.4) is 0 Å². The van der Waals surface area contributed by atoms with Gasteiger partial charge in [-0.3, -0.25) is 9.59 Å². The Labute approximate surface area is 195 Å². The number of thiophene rings is 1. The number of ether oxygens (including phenoxy) is 1. The van der Waals surface area contributed by atoms with Crippen LogP contribution < -0.4 is 10.1 Å². The van der Waals surface area contributed by atoms with Gasteiger partial charge >= 0.3 is 6.18 Å². The van der Waals surface area contributed by atoms with Crippen molar-refractivity contribution in [3.63, 3.8) is 0 Å². The number of carbonyl (C=O) groups is 2. The Balaban J connectivity index is 1.76. The summed E-state index contributed by atoms with van der Waals surface area (Å²) in [5.74, 6) is -1.85. The molecular weight excluding hydrogens is 479 g/mol. The fraction of sp³-hybridized carbons (Fsp3) is 0.333. The monoisotopic (exact) mass is 499 g/mol. The quantitative estimate of drug-likeness (QED) is 0.274. The van der Waals surface area contributed by atoms with Crippen LogP contribution in [0, 0.1) is 0 Å². The normalized spacial score (nSPS) is 12.1. The second-order valence-electron chi connectivity index (χ2n) is 7.45. The van der Waals surface area contributed by atoms with Crippen molar-refractivity contribution in [2.45, 2.75) is 37.2 Å². The van der Waals surface area contributed by atoms with E-state index < -0.39 is 23.5 Å². The average Bonchev–Trinajstić information content (AvgIpc) is 3.22. The number of hydrogen-bond acceptors (Lipinski definition) is 8. The second kappa shape index (κ2) is 9.65. The lowest BCUT2D eigenvalue weighted by atomic mass is 10.1. The lowest BCUT2D eigenvalue weighted by molar-refractivity contribution is -0.145. The summed E-state index contributed by atoms with van der Waals surface area (Å²) in [7, 11) is 1.43. The van der Waals surface area contributed by atoms with Gasteiger partial charge in [-0.1, -0.05) is 11.8 Å². The number of rotatable bonds is 8. The molecule has 3 rings (SSSR count). The van der Waals surface area contributed by atoms with Crippen LogP contribution in [0.4, 0.5) is 13.2 Å². The van der Waals surface area contributed by atoms with Gasteiger partial charge in [0.2, 0.25) is 5.82 Å². The molecule has 0 radical (unpaired) electrons. The number of nitrogens with one attached hydrogen (secondary N) is 1. The largest absolute Gasteiger partial charge is 0.497 e. The van der Waals surface area contributed by atoms with Crippen molar-refractivity contribution in [3.05, 3.63) is 45.9 Å². The maximum absolute atomic E-state index is 13.2. The molecule has 0 saturated carbocycles. The highest BCUT2D eigenvalue weighted by Crippen LogP contribution is 2.34. The first kappa shape index (κ1) is 24.9. The Kier molecular flexibility index (Phi) is 7.29. The van der Waals surface area contributed by atoms with Gasteiger partial charge in [-0.05, 0) is 44.2 Å². The molecular formula is C21H20F3N3O4S2. The first-order valence-electron chi connectivity index (χ1n) is 9.57. The van der Waals surface area contributed by atoms with Gasteiger partial charge < -0.3 is 15.2 Å². The number of benzene rings is 1. The zero-order valence-electron chi connectivity index (χ0n) is 17.8. The van der Waals surface area contributed by atoms with Crippen LogP contribution in [0.1, 0.15) is 34.2 Å². The van der Waals surface area contributed by atoms with Gasteiger partial charge in [0.1, 0.15) is 16.4 Å². The first-order valence-corrected chi connectivity index (χ1v) is 11.4. The van der Waals surface area contributed by atoms with Crippen LogP contribution in [-0.2, 0) is 17.5 Å². The molecule has 3 aromatic rings. The smallest absolute Gasteiger partial charge is 0.451 e.